The molecule has 0 bridgehead atoms. The van der Waals surface area contributed by atoms with E-state index >= 15 is 0 Å². The zero-order valence-electron chi connectivity index (χ0n) is 14.1. The Bertz CT molecular complexity index is 668. The van der Waals surface area contributed by atoms with E-state index in [9.17, 15) is 18.0 Å². The third kappa shape index (κ3) is 6.67. The monoisotopic (exact) mass is 356 g/mol. The molecule has 134 valence electrons. The van der Waals surface area contributed by atoms with E-state index in [1.165, 1.54) is 0 Å². The van der Waals surface area contributed by atoms with E-state index < -0.39 is 27.9 Å². The Hall–Kier alpha value is -1.93. The van der Waals surface area contributed by atoms with Crippen molar-refractivity contribution >= 4 is 21.9 Å². The highest BCUT2D eigenvalue weighted by Crippen LogP contribution is 2.08. The molecule has 0 aliphatic heterocycles. The molecule has 0 spiro atoms. The highest BCUT2D eigenvalue weighted by atomic mass is 32.2. The van der Waals surface area contributed by atoms with Crippen LogP contribution in [0.3, 0.4) is 0 Å². The van der Waals surface area contributed by atoms with Gasteiger partial charge in [-0.25, -0.2) is 17.9 Å². The lowest BCUT2D eigenvalue weighted by Crippen LogP contribution is -2.41. The van der Waals surface area contributed by atoms with Gasteiger partial charge in [-0.15, -0.1) is 0 Å². The van der Waals surface area contributed by atoms with Gasteiger partial charge in [-0.1, -0.05) is 26.0 Å². The fourth-order valence-electron chi connectivity index (χ4n) is 2.00. The molecule has 0 saturated carbocycles. The van der Waals surface area contributed by atoms with E-state index in [-0.39, 0.29) is 18.2 Å². The largest absolute Gasteiger partial charge is 0.480 e. The van der Waals surface area contributed by atoms with Crippen LogP contribution in [0.15, 0.2) is 24.3 Å². The van der Waals surface area contributed by atoms with E-state index in [0.29, 0.717) is 17.5 Å². The molecular weight excluding hydrogens is 332 g/mol. The quantitative estimate of drug-likeness (QED) is 0.618. The van der Waals surface area contributed by atoms with Crippen LogP contribution < -0.4 is 10.0 Å². The first-order chi connectivity index (χ1) is 11.1. The second kappa shape index (κ2) is 8.79. The molecule has 1 atom stereocenters. The Labute approximate surface area is 142 Å². The number of carbonyl (C=O) groups is 2. The fourth-order valence-corrected chi connectivity index (χ4v) is 2.59. The Morgan fingerprint density at radius 2 is 1.75 bits per heavy atom. The van der Waals surface area contributed by atoms with Crippen molar-refractivity contribution in [3.05, 3.63) is 35.4 Å². The summed E-state index contributed by atoms with van der Waals surface area (Å²) in [6.07, 6.45) is 0.345. The molecular formula is C16H24N2O5S. The van der Waals surface area contributed by atoms with Gasteiger partial charge in [0.15, 0.2) is 0 Å². The standard InChI is InChI=1S/C16H24N2O5S/c1-4-24(22,23)17-10-12-5-7-13(8-6-12)15(19)18-14(16(20)21)9-11(2)3/h5-8,11,14,17H,4,9-10H2,1-3H3,(H,18,19)(H,20,21)/t14-/m1/s1. The van der Waals surface area contributed by atoms with Crippen LogP contribution in [-0.4, -0.2) is 37.2 Å². The average Bonchev–Trinajstić information content (AvgIpc) is 2.52. The zero-order valence-corrected chi connectivity index (χ0v) is 14.9. The van der Waals surface area contributed by atoms with Gasteiger partial charge in [0.2, 0.25) is 10.0 Å². The molecule has 1 rings (SSSR count). The molecule has 0 aliphatic rings. The average molecular weight is 356 g/mol. The van der Waals surface area contributed by atoms with Gasteiger partial charge in [0.25, 0.3) is 5.91 Å². The second-order valence-electron chi connectivity index (χ2n) is 5.92. The number of carboxylic acid groups (broad SMARTS) is 1. The molecule has 1 aromatic rings. The van der Waals surface area contributed by atoms with Crippen LogP contribution in [0.4, 0.5) is 0 Å². The summed E-state index contributed by atoms with van der Waals surface area (Å²) >= 11 is 0. The number of benzene rings is 1. The maximum atomic E-state index is 12.1. The van der Waals surface area contributed by atoms with Gasteiger partial charge >= 0.3 is 5.97 Å². The van der Waals surface area contributed by atoms with E-state index in [0.717, 1.165) is 0 Å². The Morgan fingerprint density at radius 1 is 1.17 bits per heavy atom. The second-order valence-corrected chi connectivity index (χ2v) is 8.01. The molecule has 1 aromatic carbocycles. The Balaban J connectivity index is 2.70. The Kier molecular flexibility index (Phi) is 7.37. The molecule has 1 amide bonds. The molecule has 8 heteroatoms. The van der Waals surface area contributed by atoms with Crippen LogP contribution in [0.25, 0.3) is 0 Å². The van der Waals surface area contributed by atoms with Crippen LogP contribution in [-0.2, 0) is 21.4 Å². The van der Waals surface area contributed by atoms with Crippen molar-refractivity contribution in [1.82, 2.24) is 10.0 Å². The number of nitrogens with one attached hydrogen (secondary N) is 2. The SMILES string of the molecule is CCS(=O)(=O)NCc1ccc(C(=O)N[C@H](CC(C)C)C(=O)O)cc1. The van der Waals surface area contributed by atoms with Gasteiger partial charge in [-0.3, -0.25) is 4.79 Å². The first-order valence-corrected chi connectivity index (χ1v) is 9.39. The lowest BCUT2D eigenvalue weighted by Gasteiger charge is -2.16. The summed E-state index contributed by atoms with van der Waals surface area (Å²) in [5.41, 5.74) is 1.03. The first-order valence-electron chi connectivity index (χ1n) is 7.74. The summed E-state index contributed by atoms with van der Waals surface area (Å²) in [6, 6.07) is 5.41. The number of rotatable bonds is 9. The molecule has 0 radical (unpaired) electrons. The van der Waals surface area contributed by atoms with Crippen molar-refractivity contribution in [2.45, 2.75) is 39.8 Å². The molecule has 0 unspecified atom stereocenters. The molecule has 3 N–H and O–H groups in total. The third-order valence-corrected chi connectivity index (χ3v) is 4.75. The molecule has 7 nitrogen and oxygen atoms in total. The molecule has 0 fully saturated rings. The van der Waals surface area contributed by atoms with Gasteiger partial charge < -0.3 is 10.4 Å². The molecule has 0 heterocycles. The number of amides is 1. The molecule has 0 aliphatic carbocycles. The van der Waals surface area contributed by atoms with E-state index in [1.807, 2.05) is 13.8 Å². The van der Waals surface area contributed by atoms with E-state index in [2.05, 4.69) is 10.0 Å². The normalized spacial score (nSPS) is 12.8. The number of carbonyl (C=O) groups excluding carboxylic acids is 1. The van der Waals surface area contributed by atoms with Crippen molar-refractivity contribution in [2.75, 3.05) is 5.75 Å². The third-order valence-electron chi connectivity index (χ3n) is 3.40. The van der Waals surface area contributed by atoms with Crippen LogP contribution in [0.2, 0.25) is 0 Å². The van der Waals surface area contributed by atoms with Gasteiger partial charge in [0.1, 0.15) is 6.04 Å². The number of hydrogen-bond donors (Lipinski definition) is 3. The van der Waals surface area contributed by atoms with Crippen molar-refractivity contribution in [1.29, 1.82) is 0 Å². The Morgan fingerprint density at radius 3 is 2.21 bits per heavy atom. The maximum Gasteiger partial charge on any atom is 0.326 e. The number of aliphatic carboxylic acids is 1. The van der Waals surface area contributed by atoms with Crippen LogP contribution in [0, 0.1) is 5.92 Å². The lowest BCUT2D eigenvalue weighted by molar-refractivity contribution is -0.139. The van der Waals surface area contributed by atoms with Crippen molar-refractivity contribution in [3.8, 4) is 0 Å². The highest BCUT2D eigenvalue weighted by Gasteiger charge is 2.21. The summed E-state index contributed by atoms with van der Waals surface area (Å²) in [5.74, 6) is -1.40. The fraction of sp³-hybridized carbons (Fsp3) is 0.500. The molecule has 0 aromatic heterocycles. The predicted octanol–water partition coefficient (Wildman–Crippen LogP) is 1.35. The number of carboxylic acids is 1. The van der Waals surface area contributed by atoms with Gasteiger partial charge in [-0.2, -0.15) is 0 Å². The molecule has 0 saturated heterocycles. The van der Waals surface area contributed by atoms with E-state index in [1.54, 1.807) is 31.2 Å². The van der Waals surface area contributed by atoms with Crippen LogP contribution in [0.5, 0.6) is 0 Å². The van der Waals surface area contributed by atoms with Crippen LogP contribution >= 0.6 is 0 Å². The number of sulfonamides is 1. The van der Waals surface area contributed by atoms with Crippen molar-refractivity contribution < 1.29 is 23.1 Å². The summed E-state index contributed by atoms with van der Waals surface area (Å²) in [5, 5.41) is 11.7. The first kappa shape index (κ1) is 20.1. The maximum absolute atomic E-state index is 12.1. The van der Waals surface area contributed by atoms with Gasteiger partial charge in [0.05, 0.1) is 5.75 Å². The van der Waals surface area contributed by atoms with Crippen LogP contribution in [0.1, 0.15) is 43.1 Å². The van der Waals surface area contributed by atoms with Crippen molar-refractivity contribution in [3.63, 3.8) is 0 Å². The van der Waals surface area contributed by atoms with E-state index in [4.69, 9.17) is 5.11 Å². The highest BCUT2D eigenvalue weighted by molar-refractivity contribution is 7.89. The number of hydrogen-bond acceptors (Lipinski definition) is 4. The minimum Gasteiger partial charge on any atom is -0.480 e. The summed E-state index contributed by atoms with van der Waals surface area (Å²) in [6.45, 7) is 5.46. The smallest absolute Gasteiger partial charge is 0.326 e. The van der Waals surface area contributed by atoms with Crippen molar-refractivity contribution in [2.24, 2.45) is 5.92 Å². The van der Waals surface area contributed by atoms with Gasteiger partial charge in [0, 0.05) is 12.1 Å². The summed E-state index contributed by atoms with van der Waals surface area (Å²) < 4.78 is 25.2. The minimum absolute atomic E-state index is 0.0000818. The lowest BCUT2D eigenvalue weighted by atomic mass is 10.0. The molecule has 24 heavy (non-hydrogen) atoms. The topological polar surface area (TPSA) is 113 Å². The minimum atomic E-state index is -3.28. The summed E-state index contributed by atoms with van der Waals surface area (Å²) in [7, 11) is -3.28. The zero-order chi connectivity index (χ0) is 18.3. The summed E-state index contributed by atoms with van der Waals surface area (Å²) in [4.78, 5) is 23.3. The predicted molar refractivity (Wildman–Crippen MR) is 91.1 cm³/mol. The van der Waals surface area contributed by atoms with Gasteiger partial charge in [-0.05, 0) is 37.0 Å².